The Kier molecular flexibility index (Phi) is 6.01. The number of halogens is 1. The standard InChI is InChI=1S/C26H23ClN2O/c1-19(2)30-24-14-13-22(27)17-23(24)26(29-16-15-28-18-29)25(20-9-5-3-6-10-20)21-11-7-4-8-12-21/h3-19H,1-2H3. The minimum atomic E-state index is 0.0332. The number of aromatic nitrogens is 2. The van der Waals surface area contributed by atoms with Crippen LogP contribution in [0.2, 0.25) is 5.02 Å². The van der Waals surface area contributed by atoms with Gasteiger partial charge in [-0.15, -0.1) is 0 Å². The topological polar surface area (TPSA) is 27.1 Å². The first-order valence-corrected chi connectivity index (χ1v) is 10.3. The zero-order chi connectivity index (χ0) is 20.9. The molecule has 0 fully saturated rings. The number of hydrogen-bond acceptors (Lipinski definition) is 2. The first-order valence-electron chi connectivity index (χ1n) is 9.93. The third-order valence-electron chi connectivity index (χ3n) is 4.68. The van der Waals surface area contributed by atoms with Gasteiger partial charge < -0.3 is 9.30 Å². The second-order valence-electron chi connectivity index (χ2n) is 7.23. The molecule has 0 spiro atoms. The van der Waals surface area contributed by atoms with Crippen molar-refractivity contribution in [3.63, 3.8) is 0 Å². The number of rotatable bonds is 6. The van der Waals surface area contributed by atoms with Crippen LogP contribution in [0.15, 0.2) is 97.6 Å². The molecule has 0 saturated heterocycles. The van der Waals surface area contributed by atoms with Gasteiger partial charge in [0.15, 0.2) is 0 Å². The first kappa shape index (κ1) is 20.0. The van der Waals surface area contributed by atoms with Crippen molar-refractivity contribution in [2.75, 3.05) is 0 Å². The Labute approximate surface area is 182 Å². The monoisotopic (exact) mass is 414 g/mol. The third kappa shape index (κ3) is 4.32. The molecule has 1 aromatic heterocycles. The number of imidazole rings is 1. The summed E-state index contributed by atoms with van der Waals surface area (Å²) in [6, 6.07) is 26.5. The van der Waals surface area contributed by atoms with E-state index in [1.165, 1.54) is 0 Å². The maximum atomic E-state index is 6.45. The summed E-state index contributed by atoms with van der Waals surface area (Å²) in [5.41, 5.74) is 5.15. The Bertz CT molecular complexity index is 1090. The smallest absolute Gasteiger partial charge is 0.129 e. The lowest BCUT2D eigenvalue weighted by Crippen LogP contribution is -2.10. The van der Waals surface area contributed by atoms with Gasteiger partial charge in [0.05, 0.1) is 18.1 Å². The molecular formula is C26H23ClN2O. The lowest BCUT2D eigenvalue weighted by Gasteiger charge is -2.21. The molecular weight excluding hydrogens is 392 g/mol. The molecule has 0 aliphatic rings. The molecule has 4 rings (SSSR count). The van der Waals surface area contributed by atoms with Crippen LogP contribution in [-0.2, 0) is 0 Å². The summed E-state index contributed by atoms with van der Waals surface area (Å²) >= 11 is 6.45. The zero-order valence-electron chi connectivity index (χ0n) is 17.0. The fourth-order valence-electron chi connectivity index (χ4n) is 3.49. The first-order chi connectivity index (χ1) is 14.6. The molecule has 0 unspecified atom stereocenters. The van der Waals surface area contributed by atoms with Gasteiger partial charge in [-0.2, -0.15) is 0 Å². The number of hydrogen-bond donors (Lipinski definition) is 0. The van der Waals surface area contributed by atoms with Crippen molar-refractivity contribution in [3.8, 4) is 5.75 Å². The molecule has 0 aliphatic heterocycles. The average molecular weight is 415 g/mol. The third-order valence-corrected chi connectivity index (χ3v) is 4.92. The van der Waals surface area contributed by atoms with Gasteiger partial charge in [0.2, 0.25) is 0 Å². The van der Waals surface area contributed by atoms with Gasteiger partial charge in [0.25, 0.3) is 0 Å². The molecule has 0 amide bonds. The summed E-state index contributed by atoms with van der Waals surface area (Å²) < 4.78 is 8.20. The SMILES string of the molecule is CC(C)Oc1ccc(Cl)cc1C(=C(c1ccccc1)c1ccccc1)n1ccnc1. The van der Waals surface area contributed by atoms with Crippen LogP contribution in [0.5, 0.6) is 5.75 Å². The summed E-state index contributed by atoms with van der Waals surface area (Å²) in [5, 5.41) is 0.652. The van der Waals surface area contributed by atoms with E-state index in [1.807, 2.05) is 79.2 Å². The van der Waals surface area contributed by atoms with Gasteiger partial charge in [-0.1, -0.05) is 72.3 Å². The molecule has 3 nitrogen and oxygen atoms in total. The zero-order valence-corrected chi connectivity index (χ0v) is 17.8. The van der Waals surface area contributed by atoms with E-state index in [2.05, 4.69) is 29.2 Å². The molecule has 0 saturated carbocycles. The fraction of sp³-hybridized carbons (Fsp3) is 0.115. The molecule has 150 valence electrons. The second-order valence-corrected chi connectivity index (χ2v) is 7.67. The molecule has 0 atom stereocenters. The highest BCUT2D eigenvalue weighted by molar-refractivity contribution is 6.30. The minimum absolute atomic E-state index is 0.0332. The molecule has 4 heteroatoms. The Morgan fingerprint density at radius 3 is 2.07 bits per heavy atom. The maximum Gasteiger partial charge on any atom is 0.129 e. The summed E-state index contributed by atoms with van der Waals surface area (Å²) in [6.45, 7) is 4.04. The molecule has 30 heavy (non-hydrogen) atoms. The highest BCUT2D eigenvalue weighted by Crippen LogP contribution is 2.38. The van der Waals surface area contributed by atoms with E-state index in [1.54, 1.807) is 12.5 Å². The lowest BCUT2D eigenvalue weighted by molar-refractivity contribution is 0.241. The Morgan fingerprint density at radius 1 is 0.900 bits per heavy atom. The number of benzene rings is 3. The Balaban J connectivity index is 2.10. The van der Waals surface area contributed by atoms with E-state index in [0.29, 0.717) is 5.02 Å². The van der Waals surface area contributed by atoms with E-state index in [-0.39, 0.29) is 6.10 Å². The van der Waals surface area contributed by atoms with Crippen LogP contribution in [0.3, 0.4) is 0 Å². The van der Waals surface area contributed by atoms with Crippen LogP contribution in [0, 0.1) is 0 Å². The van der Waals surface area contributed by atoms with Gasteiger partial charge in [-0.3, -0.25) is 0 Å². The van der Waals surface area contributed by atoms with E-state index in [0.717, 1.165) is 33.7 Å². The van der Waals surface area contributed by atoms with Crippen LogP contribution in [0.4, 0.5) is 0 Å². The van der Waals surface area contributed by atoms with Crippen molar-refractivity contribution in [1.82, 2.24) is 9.55 Å². The van der Waals surface area contributed by atoms with E-state index >= 15 is 0 Å². The van der Waals surface area contributed by atoms with Crippen LogP contribution < -0.4 is 4.74 Å². The molecule has 4 aromatic rings. The number of nitrogens with zero attached hydrogens (tertiary/aromatic N) is 2. The molecule has 0 aliphatic carbocycles. The van der Waals surface area contributed by atoms with E-state index < -0.39 is 0 Å². The number of ether oxygens (including phenoxy) is 1. The van der Waals surface area contributed by atoms with Crippen molar-refractivity contribution >= 4 is 22.9 Å². The Morgan fingerprint density at radius 2 is 1.53 bits per heavy atom. The van der Waals surface area contributed by atoms with Gasteiger partial charge >= 0.3 is 0 Å². The molecule has 0 N–H and O–H groups in total. The van der Waals surface area contributed by atoms with Gasteiger partial charge in [-0.25, -0.2) is 4.98 Å². The van der Waals surface area contributed by atoms with Crippen molar-refractivity contribution in [2.24, 2.45) is 0 Å². The van der Waals surface area contributed by atoms with Gasteiger partial charge in [0.1, 0.15) is 5.75 Å². The second kappa shape index (κ2) is 9.02. The fourth-order valence-corrected chi connectivity index (χ4v) is 3.66. The average Bonchev–Trinajstić information content (AvgIpc) is 3.29. The van der Waals surface area contributed by atoms with E-state index in [4.69, 9.17) is 16.3 Å². The van der Waals surface area contributed by atoms with Crippen molar-refractivity contribution in [2.45, 2.75) is 20.0 Å². The van der Waals surface area contributed by atoms with Crippen molar-refractivity contribution in [3.05, 3.63) is 119 Å². The quantitative estimate of drug-likeness (QED) is 0.325. The summed E-state index contributed by atoms with van der Waals surface area (Å²) in [4.78, 5) is 4.31. The lowest BCUT2D eigenvalue weighted by atomic mass is 9.92. The normalized spacial score (nSPS) is 10.8. The van der Waals surface area contributed by atoms with Crippen LogP contribution >= 0.6 is 11.6 Å². The molecule has 1 heterocycles. The maximum absolute atomic E-state index is 6.45. The Hall–Kier alpha value is -3.30. The van der Waals surface area contributed by atoms with E-state index in [9.17, 15) is 0 Å². The molecule has 3 aromatic carbocycles. The highest BCUT2D eigenvalue weighted by Gasteiger charge is 2.20. The summed E-state index contributed by atoms with van der Waals surface area (Å²) in [5.74, 6) is 0.780. The summed E-state index contributed by atoms with van der Waals surface area (Å²) in [6.07, 6.45) is 5.56. The largest absolute Gasteiger partial charge is 0.490 e. The minimum Gasteiger partial charge on any atom is -0.490 e. The van der Waals surface area contributed by atoms with Crippen LogP contribution in [0.1, 0.15) is 30.5 Å². The highest BCUT2D eigenvalue weighted by atomic mass is 35.5. The van der Waals surface area contributed by atoms with Crippen LogP contribution in [0.25, 0.3) is 11.3 Å². The van der Waals surface area contributed by atoms with Crippen LogP contribution in [-0.4, -0.2) is 15.7 Å². The summed E-state index contributed by atoms with van der Waals surface area (Å²) in [7, 11) is 0. The van der Waals surface area contributed by atoms with Crippen molar-refractivity contribution < 1.29 is 4.74 Å². The van der Waals surface area contributed by atoms with Gasteiger partial charge in [0, 0.05) is 28.6 Å². The van der Waals surface area contributed by atoms with Crippen molar-refractivity contribution in [1.29, 1.82) is 0 Å². The molecule has 0 bridgehead atoms. The van der Waals surface area contributed by atoms with Gasteiger partial charge in [-0.05, 0) is 43.2 Å². The predicted molar refractivity (Wildman–Crippen MR) is 124 cm³/mol. The molecule has 0 radical (unpaired) electrons. The predicted octanol–water partition coefficient (Wildman–Crippen LogP) is 6.79.